The number of likely N-dealkylation sites (tertiary alicyclic amines) is 1. The number of hydrogen-bond acceptors (Lipinski definition) is 1. The highest BCUT2D eigenvalue weighted by Gasteiger charge is 2.29. The molecule has 1 heterocycles. The maximum absolute atomic E-state index is 2.59. The van der Waals surface area contributed by atoms with Gasteiger partial charge in [0.1, 0.15) is 0 Å². The molecule has 2 aliphatic rings. The van der Waals surface area contributed by atoms with Gasteiger partial charge in [-0.2, -0.15) is 0 Å². The summed E-state index contributed by atoms with van der Waals surface area (Å²) in [6.45, 7) is 6.18. The van der Waals surface area contributed by atoms with E-state index >= 15 is 0 Å². The van der Waals surface area contributed by atoms with Gasteiger partial charge in [-0.3, -0.25) is 4.90 Å². The highest BCUT2D eigenvalue weighted by atomic mass is 15.1. The topological polar surface area (TPSA) is 3.24 Å². The van der Waals surface area contributed by atoms with Gasteiger partial charge in [-0.25, -0.2) is 0 Å². The molecule has 0 spiro atoms. The van der Waals surface area contributed by atoms with Gasteiger partial charge in [0, 0.05) is 6.54 Å². The van der Waals surface area contributed by atoms with Gasteiger partial charge in [-0.1, -0.05) is 38.3 Å². The molecule has 1 saturated heterocycles. The highest BCUT2D eigenvalue weighted by molar-refractivity contribution is 5.03. The molecule has 0 aromatic rings. The van der Waals surface area contributed by atoms with Gasteiger partial charge in [-0.15, -0.1) is 0 Å². The first-order valence-corrected chi connectivity index (χ1v) is 7.25. The molecule has 2 fully saturated rings. The highest BCUT2D eigenvalue weighted by Crippen LogP contribution is 2.43. The second-order valence-electron chi connectivity index (χ2n) is 5.73. The van der Waals surface area contributed by atoms with Crippen molar-refractivity contribution >= 4 is 0 Å². The molecule has 0 atom stereocenters. The van der Waals surface area contributed by atoms with Gasteiger partial charge in [0.2, 0.25) is 0 Å². The Kier molecular flexibility index (Phi) is 4.45. The van der Waals surface area contributed by atoms with Crippen molar-refractivity contribution in [2.75, 3.05) is 19.6 Å². The van der Waals surface area contributed by atoms with E-state index in [1.165, 1.54) is 71.0 Å². The van der Waals surface area contributed by atoms with Gasteiger partial charge >= 0.3 is 0 Å². The molecule has 1 saturated carbocycles. The molecule has 16 heavy (non-hydrogen) atoms. The maximum Gasteiger partial charge on any atom is 0.0163 e. The minimum atomic E-state index is 0.592. The normalized spacial score (nSPS) is 25.8. The Balaban J connectivity index is 1.82. The summed E-state index contributed by atoms with van der Waals surface area (Å²) in [5.41, 5.74) is 0.592. The van der Waals surface area contributed by atoms with Crippen LogP contribution in [-0.4, -0.2) is 24.5 Å². The number of allylic oxidation sites excluding steroid dienone is 1. The average Bonchev–Trinajstić information content (AvgIpc) is 2.90. The van der Waals surface area contributed by atoms with Crippen LogP contribution in [0.25, 0.3) is 0 Å². The molecule has 1 heteroatoms. The van der Waals surface area contributed by atoms with Crippen LogP contribution < -0.4 is 0 Å². The van der Waals surface area contributed by atoms with E-state index in [1.54, 1.807) is 0 Å². The number of hydrogen-bond donors (Lipinski definition) is 0. The second-order valence-corrected chi connectivity index (χ2v) is 5.73. The Labute approximate surface area is 101 Å². The third kappa shape index (κ3) is 3.10. The van der Waals surface area contributed by atoms with Crippen molar-refractivity contribution < 1.29 is 0 Å². The summed E-state index contributed by atoms with van der Waals surface area (Å²) in [7, 11) is 0. The average molecular weight is 221 g/mol. The van der Waals surface area contributed by atoms with Crippen LogP contribution >= 0.6 is 0 Å². The first-order chi connectivity index (χ1) is 7.85. The lowest BCUT2D eigenvalue weighted by Crippen LogP contribution is -2.20. The molecule has 1 nitrogen and oxygen atoms in total. The SMILES string of the molecule is CCCC1(/C=C/CN2CCCC2)CCCC1. The van der Waals surface area contributed by atoms with Crippen LogP contribution in [0.2, 0.25) is 0 Å². The summed E-state index contributed by atoms with van der Waals surface area (Å²) in [5, 5.41) is 0. The second kappa shape index (κ2) is 5.86. The predicted molar refractivity (Wildman–Crippen MR) is 70.6 cm³/mol. The van der Waals surface area contributed by atoms with Crippen molar-refractivity contribution in [2.24, 2.45) is 5.41 Å². The Morgan fingerprint density at radius 1 is 1.06 bits per heavy atom. The third-order valence-corrected chi connectivity index (χ3v) is 4.38. The van der Waals surface area contributed by atoms with E-state index in [0.29, 0.717) is 5.41 Å². The van der Waals surface area contributed by atoms with Gasteiger partial charge < -0.3 is 0 Å². The van der Waals surface area contributed by atoms with E-state index in [4.69, 9.17) is 0 Å². The van der Waals surface area contributed by atoms with Crippen molar-refractivity contribution in [1.82, 2.24) is 4.90 Å². The monoisotopic (exact) mass is 221 g/mol. The molecule has 1 aliphatic carbocycles. The smallest absolute Gasteiger partial charge is 0.0163 e. The fourth-order valence-corrected chi connectivity index (χ4v) is 3.49. The van der Waals surface area contributed by atoms with E-state index in [9.17, 15) is 0 Å². The van der Waals surface area contributed by atoms with Crippen molar-refractivity contribution in [3.63, 3.8) is 0 Å². The van der Waals surface area contributed by atoms with Crippen molar-refractivity contribution in [1.29, 1.82) is 0 Å². The molecule has 0 N–H and O–H groups in total. The first-order valence-electron chi connectivity index (χ1n) is 7.25. The van der Waals surface area contributed by atoms with E-state index < -0.39 is 0 Å². The van der Waals surface area contributed by atoms with Gasteiger partial charge in [0.05, 0.1) is 0 Å². The van der Waals surface area contributed by atoms with Crippen molar-refractivity contribution in [2.45, 2.75) is 58.3 Å². The van der Waals surface area contributed by atoms with E-state index in [0.717, 1.165) is 0 Å². The van der Waals surface area contributed by atoms with E-state index in [1.807, 2.05) is 0 Å². The molecule has 0 aromatic carbocycles. The molecule has 0 unspecified atom stereocenters. The zero-order valence-corrected chi connectivity index (χ0v) is 10.9. The summed E-state index contributed by atoms with van der Waals surface area (Å²) in [5.74, 6) is 0. The molecule has 0 aromatic heterocycles. The van der Waals surface area contributed by atoms with Gasteiger partial charge in [-0.05, 0) is 50.6 Å². The minimum absolute atomic E-state index is 0.592. The third-order valence-electron chi connectivity index (χ3n) is 4.38. The Bertz CT molecular complexity index is 220. The standard InChI is InChI=1S/C15H27N/c1-2-8-15(9-3-4-10-15)11-7-14-16-12-5-6-13-16/h7,11H,2-6,8-10,12-14H2,1H3/b11-7+. The van der Waals surface area contributed by atoms with Crippen LogP contribution in [0.15, 0.2) is 12.2 Å². The van der Waals surface area contributed by atoms with Crippen LogP contribution in [0.4, 0.5) is 0 Å². The summed E-state index contributed by atoms with van der Waals surface area (Å²) >= 11 is 0. The van der Waals surface area contributed by atoms with Crippen molar-refractivity contribution in [3.8, 4) is 0 Å². The predicted octanol–water partition coefficient (Wildman–Crippen LogP) is 4.00. The molecule has 92 valence electrons. The molecule has 1 aliphatic heterocycles. The Hall–Kier alpha value is -0.300. The summed E-state index contributed by atoms with van der Waals surface area (Å²) in [6.07, 6.45) is 16.4. The lowest BCUT2D eigenvalue weighted by atomic mass is 9.81. The summed E-state index contributed by atoms with van der Waals surface area (Å²) < 4.78 is 0. The van der Waals surface area contributed by atoms with Gasteiger partial charge in [0.25, 0.3) is 0 Å². The molecular weight excluding hydrogens is 194 g/mol. The van der Waals surface area contributed by atoms with Crippen LogP contribution in [0.1, 0.15) is 58.3 Å². The van der Waals surface area contributed by atoms with Crippen LogP contribution in [0.5, 0.6) is 0 Å². The van der Waals surface area contributed by atoms with Crippen LogP contribution in [-0.2, 0) is 0 Å². The van der Waals surface area contributed by atoms with Crippen LogP contribution in [0, 0.1) is 5.41 Å². The number of nitrogens with zero attached hydrogens (tertiary/aromatic N) is 1. The molecule has 2 rings (SSSR count). The maximum atomic E-state index is 2.59. The van der Waals surface area contributed by atoms with Crippen molar-refractivity contribution in [3.05, 3.63) is 12.2 Å². The zero-order valence-electron chi connectivity index (χ0n) is 10.9. The van der Waals surface area contributed by atoms with E-state index in [-0.39, 0.29) is 0 Å². The van der Waals surface area contributed by atoms with E-state index in [2.05, 4.69) is 24.0 Å². The lowest BCUT2D eigenvalue weighted by molar-refractivity contribution is 0.348. The molecular formula is C15H27N. The minimum Gasteiger partial charge on any atom is -0.300 e. The zero-order chi connectivity index (χ0) is 11.3. The molecule has 0 amide bonds. The largest absolute Gasteiger partial charge is 0.300 e. The van der Waals surface area contributed by atoms with Gasteiger partial charge in [0.15, 0.2) is 0 Å². The molecule has 0 radical (unpaired) electrons. The lowest BCUT2D eigenvalue weighted by Gasteiger charge is -2.24. The quantitative estimate of drug-likeness (QED) is 0.634. The Morgan fingerprint density at radius 3 is 2.38 bits per heavy atom. The summed E-state index contributed by atoms with van der Waals surface area (Å²) in [6, 6.07) is 0. The fraction of sp³-hybridized carbons (Fsp3) is 0.867. The first kappa shape index (κ1) is 12.2. The molecule has 0 bridgehead atoms. The number of rotatable bonds is 5. The fourth-order valence-electron chi connectivity index (χ4n) is 3.49. The summed E-state index contributed by atoms with van der Waals surface area (Å²) in [4.78, 5) is 2.59. The Morgan fingerprint density at radius 2 is 1.75 bits per heavy atom. The van der Waals surface area contributed by atoms with Crippen LogP contribution in [0.3, 0.4) is 0 Å².